The highest BCUT2D eigenvalue weighted by atomic mass is 16.8. The molecule has 21 unspecified atom stereocenters. The monoisotopic (exact) mass is 922 g/mol. The average molecular weight is 923 g/mol. The Kier molecular flexibility index (Phi) is 21.4. The van der Waals surface area contributed by atoms with E-state index in [9.17, 15) is 61.3 Å². The van der Waals surface area contributed by atoms with E-state index < -0.39 is 135 Å². The molecule has 0 aromatic rings. The van der Waals surface area contributed by atoms with E-state index in [0.717, 1.165) is 36.8 Å². The summed E-state index contributed by atoms with van der Waals surface area (Å²) < 4.78 is 45.4. The minimum absolute atomic E-state index is 0.0720. The molecule has 20 nitrogen and oxygen atoms in total. The van der Waals surface area contributed by atoms with Crippen LogP contribution < -0.4 is 0 Å². The molecule has 0 saturated carbocycles. The molecule has 0 aliphatic carbocycles. The maximum atomic E-state index is 11.0. The van der Waals surface area contributed by atoms with Crippen molar-refractivity contribution in [1.82, 2.24) is 0 Å². The predicted molar refractivity (Wildman–Crippen MR) is 225 cm³/mol. The van der Waals surface area contributed by atoms with Gasteiger partial charge in [-0.2, -0.15) is 0 Å². The van der Waals surface area contributed by atoms with E-state index in [2.05, 4.69) is 18.7 Å². The van der Waals surface area contributed by atoms with Crippen LogP contribution in [0.25, 0.3) is 0 Å². The fraction of sp³-hybridized carbons (Fsp3) is 0.818. The van der Waals surface area contributed by atoms with Gasteiger partial charge in [-0.3, -0.25) is 0 Å². The van der Waals surface area contributed by atoms with Gasteiger partial charge in [0.25, 0.3) is 0 Å². The van der Waals surface area contributed by atoms with E-state index >= 15 is 0 Å². The number of hydrogen-bond donors (Lipinski definition) is 12. The van der Waals surface area contributed by atoms with Gasteiger partial charge in [0, 0.05) is 0 Å². The molecule has 0 aromatic heterocycles. The first kappa shape index (κ1) is 54.8. The molecule has 0 radical (unpaired) electrons. The molecule has 0 bridgehead atoms. The molecule has 21 atom stereocenters. The zero-order valence-corrected chi connectivity index (χ0v) is 37.6. The smallest absolute Gasteiger partial charge is 0.187 e. The van der Waals surface area contributed by atoms with Crippen molar-refractivity contribution in [1.29, 1.82) is 0 Å². The van der Waals surface area contributed by atoms with Crippen LogP contribution in [0.1, 0.15) is 80.1 Å². The maximum Gasteiger partial charge on any atom is 0.187 e. The van der Waals surface area contributed by atoms with E-state index in [1.54, 1.807) is 13.0 Å². The third-order valence-corrected chi connectivity index (χ3v) is 12.3. The molecule has 4 rings (SSSR count). The average Bonchev–Trinajstić information content (AvgIpc) is 3.26. The van der Waals surface area contributed by atoms with Crippen LogP contribution in [0.4, 0.5) is 0 Å². The zero-order valence-electron chi connectivity index (χ0n) is 37.6. The summed E-state index contributed by atoms with van der Waals surface area (Å²) in [5.74, 6) is 0. The number of allylic oxidation sites excluding steroid dienone is 5. The van der Waals surface area contributed by atoms with Crippen LogP contribution in [0.15, 0.2) is 47.6 Å². The van der Waals surface area contributed by atoms with Crippen molar-refractivity contribution < 1.29 is 99.2 Å². The Labute approximate surface area is 374 Å². The Morgan fingerprint density at radius 2 is 1.02 bits per heavy atom. The van der Waals surface area contributed by atoms with E-state index in [1.807, 2.05) is 26.8 Å². The largest absolute Gasteiger partial charge is 0.394 e. The number of aliphatic hydroxyl groups is 12. The number of aliphatic hydroxyl groups excluding tert-OH is 12. The Bertz CT molecular complexity index is 1530. The van der Waals surface area contributed by atoms with Crippen molar-refractivity contribution in [2.45, 2.75) is 208 Å². The van der Waals surface area contributed by atoms with E-state index in [0.29, 0.717) is 12.8 Å². The highest BCUT2D eigenvalue weighted by Crippen LogP contribution is 2.33. The molecular formula is C44H74O20. The first-order valence-corrected chi connectivity index (χ1v) is 22.0. The Morgan fingerprint density at radius 1 is 0.547 bits per heavy atom. The van der Waals surface area contributed by atoms with Gasteiger partial charge in [-0.1, -0.05) is 41.0 Å². The van der Waals surface area contributed by atoms with Crippen molar-refractivity contribution >= 4 is 0 Å². The van der Waals surface area contributed by atoms with Gasteiger partial charge < -0.3 is 99.2 Å². The number of ether oxygens (including phenoxy) is 8. The van der Waals surface area contributed by atoms with Gasteiger partial charge in [0.1, 0.15) is 85.5 Å². The van der Waals surface area contributed by atoms with Crippen molar-refractivity contribution in [2.24, 2.45) is 0 Å². The normalized spacial score (nSPS) is 42.6. The first-order chi connectivity index (χ1) is 30.1. The molecule has 12 N–H and O–H groups in total. The minimum Gasteiger partial charge on any atom is -0.394 e. The van der Waals surface area contributed by atoms with Gasteiger partial charge in [-0.05, 0) is 80.1 Å². The highest BCUT2D eigenvalue weighted by Gasteiger charge is 2.51. The van der Waals surface area contributed by atoms with Crippen LogP contribution in [-0.4, -0.2) is 210 Å². The van der Waals surface area contributed by atoms with Crippen molar-refractivity contribution in [3.05, 3.63) is 47.6 Å². The van der Waals surface area contributed by atoms with Crippen molar-refractivity contribution in [3.8, 4) is 0 Å². The topological polar surface area (TPSA) is 317 Å². The lowest BCUT2D eigenvalue weighted by atomic mass is 9.95. The Hall–Kier alpha value is -1.84. The molecule has 4 aliphatic rings. The standard InChI is InChI=1S/C44H74O20/c1-8-44(7,64-43-38(56)34(52)39(26(18-45)61-43)63-42-37(55)32(50)29(47)25(6)60-42)17-11-16-22(3)13-9-12-21(2)14-10-15-23(4)19-57-41-36(54)33(51)30(48)27(62-41)20-58-40-35(53)31(49)28(46)24(5)59-40/h8,12,15-16,24-43,45-56H,1,9-11,13-14,17-20H2,2-7H3/b21-12+,22-16+,23-15+. The van der Waals surface area contributed by atoms with Crippen LogP contribution in [-0.2, 0) is 37.9 Å². The molecule has 64 heavy (non-hydrogen) atoms. The van der Waals surface area contributed by atoms with Crippen LogP contribution in [0.3, 0.4) is 0 Å². The zero-order chi connectivity index (χ0) is 47.6. The van der Waals surface area contributed by atoms with Gasteiger partial charge in [0.2, 0.25) is 0 Å². The third kappa shape index (κ3) is 14.3. The van der Waals surface area contributed by atoms with Crippen LogP contribution in [0.2, 0.25) is 0 Å². The second-order valence-corrected chi connectivity index (χ2v) is 17.7. The van der Waals surface area contributed by atoms with Gasteiger partial charge in [0.05, 0.1) is 37.6 Å². The van der Waals surface area contributed by atoms with E-state index in [1.165, 1.54) is 19.4 Å². The SMILES string of the molecule is C=CC(C)(CC/C=C(\C)CC/C=C(\C)CC/C=C(\C)COC1OC(COC2OC(C)C(O)C(O)C2O)C(O)C(O)C1O)OC1OC(CO)C(OC2OC(C)C(O)C(O)C2O)C(O)C1O. The molecule has 0 aromatic carbocycles. The minimum atomic E-state index is -1.67. The second-order valence-electron chi connectivity index (χ2n) is 17.7. The quantitative estimate of drug-likeness (QED) is 0.0580. The number of hydrogen-bond acceptors (Lipinski definition) is 20. The van der Waals surface area contributed by atoms with Gasteiger partial charge in [-0.15, -0.1) is 6.58 Å². The first-order valence-electron chi connectivity index (χ1n) is 22.0. The van der Waals surface area contributed by atoms with E-state index in [4.69, 9.17) is 37.9 Å². The van der Waals surface area contributed by atoms with Crippen molar-refractivity contribution in [2.75, 3.05) is 19.8 Å². The Morgan fingerprint density at radius 3 is 1.58 bits per heavy atom. The summed E-state index contributed by atoms with van der Waals surface area (Å²) in [5, 5.41) is 124. The van der Waals surface area contributed by atoms with Crippen LogP contribution >= 0.6 is 0 Å². The fourth-order valence-corrected chi connectivity index (χ4v) is 7.78. The van der Waals surface area contributed by atoms with E-state index in [-0.39, 0.29) is 13.2 Å². The molecular weight excluding hydrogens is 848 g/mol. The molecule has 0 spiro atoms. The van der Waals surface area contributed by atoms with Crippen LogP contribution in [0, 0.1) is 0 Å². The molecule has 370 valence electrons. The summed E-state index contributed by atoms with van der Waals surface area (Å²) in [6, 6.07) is 0. The molecule has 4 aliphatic heterocycles. The third-order valence-electron chi connectivity index (χ3n) is 12.3. The lowest BCUT2D eigenvalue weighted by Gasteiger charge is -2.47. The van der Waals surface area contributed by atoms with Crippen molar-refractivity contribution in [3.63, 3.8) is 0 Å². The number of rotatable bonds is 21. The van der Waals surface area contributed by atoms with Crippen LogP contribution in [0.5, 0.6) is 0 Å². The second kappa shape index (κ2) is 25.0. The maximum absolute atomic E-state index is 11.0. The van der Waals surface area contributed by atoms with Gasteiger partial charge in [0.15, 0.2) is 25.2 Å². The fourth-order valence-electron chi connectivity index (χ4n) is 7.78. The molecule has 4 heterocycles. The highest BCUT2D eigenvalue weighted by molar-refractivity contribution is 5.07. The van der Waals surface area contributed by atoms with Gasteiger partial charge in [-0.25, -0.2) is 0 Å². The predicted octanol–water partition coefficient (Wildman–Crippen LogP) is -1.55. The summed E-state index contributed by atoms with van der Waals surface area (Å²) >= 11 is 0. The molecule has 20 heteroatoms. The summed E-state index contributed by atoms with van der Waals surface area (Å²) in [6.45, 7) is 13.6. The lowest BCUT2D eigenvalue weighted by molar-refractivity contribution is -0.363. The van der Waals surface area contributed by atoms with Gasteiger partial charge >= 0.3 is 0 Å². The lowest BCUT2D eigenvalue weighted by Crippen LogP contribution is -2.64. The Balaban J connectivity index is 1.17. The molecule has 4 fully saturated rings. The molecule has 4 saturated heterocycles. The molecule has 0 amide bonds. The summed E-state index contributed by atoms with van der Waals surface area (Å²) in [7, 11) is 0. The summed E-state index contributed by atoms with van der Waals surface area (Å²) in [6.07, 6.45) is -16.0. The summed E-state index contributed by atoms with van der Waals surface area (Å²) in [4.78, 5) is 0. The summed E-state index contributed by atoms with van der Waals surface area (Å²) in [5.41, 5.74) is 2.19.